The molecule has 148 valence electrons. The fraction of sp³-hybridized carbons (Fsp3) is 0.0952. The second-order valence-electron chi connectivity index (χ2n) is 6.35. The van der Waals surface area contributed by atoms with Gasteiger partial charge < -0.3 is 10.6 Å². The molecule has 0 bridgehead atoms. The van der Waals surface area contributed by atoms with Gasteiger partial charge in [0.2, 0.25) is 0 Å². The number of benzene rings is 2. The molecular formula is C21H19ClN4O3. The van der Waals surface area contributed by atoms with Crippen molar-refractivity contribution in [2.75, 3.05) is 17.7 Å². The molecule has 2 aromatic carbocycles. The highest BCUT2D eigenvalue weighted by atomic mass is 35.5. The number of aromatic nitrogens is 2. The molecule has 1 amide bonds. The lowest BCUT2D eigenvalue weighted by Gasteiger charge is -2.19. The van der Waals surface area contributed by atoms with Crippen LogP contribution in [-0.2, 0) is 11.3 Å². The van der Waals surface area contributed by atoms with E-state index in [1.807, 2.05) is 30.3 Å². The maximum atomic E-state index is 12.6. The molecule has 3 N–H and O–H groups in total. The van der Waals surface area contributed by atoms with Crippen LogP contribution in [0.25, 0.3) is 6.08 Å². The summed E-state index contributed by atoms with van der Waals surface area (Å²) in [4.78, 5) is 40.5. The lowest BCUT2D eigenvalue weighted by atomic mass is 10.2. The molecule has 0 radical (unpaired) electrons. The molecule has 0 aliphatic carbocycles. The molecule has 0 aliphatic heterocycles. The fourth-order valence-corrected chi connectivity index (χ4v) is 3.02. The lowest BCUT2D eigenvalue weighted by molar-refractivity contribution is -0.113. The summed E-state index contributed by atoms with van der Waals surface area (Å²) in [6, 6.07) is 16.2. The zero-order valence-electron chi connectivity index (χ0n) is 15.6. The van der Waals surface area contributed by atoms with Gasteiger partial charge in [-0.25, -0.2) is 4.79 Å². The Morgan fingerprint density at radius 2 is 1.90 bits per heavy atom. The Labute approximate surface area is 171 Å². The van der Waals surface area contributed by atoms with Crippen LogP contribution in [0.4, 0.5) is 11.5 Å². The monoisotopic (exact) mass is 410 g/mol. The van der Waals surface area contributed by atoms with Crippen molar-refractivity contribution in [1.29, 1.82) is 0 Å². The van der Waals surface area contributed by atoms with Gasteiger partial charge in [-0.1, -0.05) is 54.1 Å². The summed E-state index contributed by atoms with van der Waals surface area (Å²) < 4.78 is 1.22. The van der Waals surface area contributed by atoms with E-state index in [0.29, 0.717) is 5.02 Å². The van der Waals surface area contributed by atoms with Gasteiger partial charge in [0.05, 0.1) is 6.54 Å². The average Bonchev–Trinajstić information content (AvgIpc) is 2.70. The van der Waals surface area contributed by atoms with Crippen LogP contribution in [0.1, 0.15) is 11.1 Å². The molecule has 1 aromatic heterocycles. The molecule has 7 nitrogen and oxygen atoms in total. The van der Waals surface area contributed by atoms with Gasteiger partial charge in [0.25, 0.3) is 11.5 Å². The minimum Gasteiger partial charge on any atom is -0.383 e. The fourth-order valence-electron chi connectivity index (χ4n) is 2.82. The van der Waals surface area contributed by atoms with Crippen molar-refractivity contribution in [3.05, 3.63) is 97.7 Å². The summed E-state index contributed by atoms with van der Waals surface area (Å²) in [7, 11) is 1.42. The van der Waals surface area contributed by atoms with Crippen molar-refractivity contribution in [3.63, 3.8) is 0 Å². The van der Waals surface area contributed by atoms with Crippen LogP contribution >= 0.6 is 11.6 Å². The molecule has 3 rings (SSSR count). The third-order valence-electron chi connectivity index (χ3n) is 4.33. The first-order valence-corrected chi connectivity index (χ1v) is 9.12. The van der Waals surface area contributed by atoms with E-state index in [-0.39, 0.29) is 18.1 Å². The highest BCUT2D eigenvalue weighted by molar-refractivity contribution is 6.30. The van der Waals surface area contributed by atoms with Crippen LogP contribution in [0.3, 0.4) is 0 Å². The van der Waals surface area contributed by atoms with Gasteiger partial charge in [0, 0.05) is 18.1 Å². The van der Waals surface area contributed by atoms with Gasteiger partial charge in [-0.15, -0.1) is 0 Å². The number of carbonyl (C=O) groups excluding carboxylic acids is 1. The lowest BCUT2D eigenvalue weighted by Crippen LogP contribution is -2.39. The highest BCUT2D eigenvalue weighted by Crippen LogP contribution is 2.17. The SMILES string of the molecule is CN(C(=O)/C=C/c1cccc(Cl)c1)c1c(N)n(Cc2ccccc2)c(=O)[nH]c1=O. The molecular weight excluding hydrogens is 392 g/mol. The largest absolute Gasteiger partial charge is 0.383 e. The van der Waals surface area contributed by atoms with Crippen molar-refractivity contribution in [2.24, 2.45) is 0 Å². The van der Waals surface area contributed by atoms with Crippen LogP contribution in [0, 0.1) is 0 Å². The van der Waals surface area contributed by atoms with Crippen LogP contribution < -0.4 is 21.9 Å². The zero-order chi connectivity index (χ0) is 21.0. The molecule has 0 saturated carbocycles. The minimum absolute atomic E-state index is 0.0883. The smallest absolute Gasteiger partial charge is 0.330 e. The van der Waals surface area contributed by atoms with Gasteiger partial charge in [0.15, 0.2) is 5.69 Å². The van der Waals surface area contributed by atoms with Crippen LogP contribution in [-0.4, -0.2) is 22.5 Å². The van der Waals surface area contributed by atoms with E-state index >= 15 is 0 Å². The first-order valence-electron chi connectivity index (χ1n) is 8.74. The first-order chi connectivity index (χ1) is 13.9. The normalized spacial score (nSPS) is 11.0. The maximum absolute atomic E-state index is 12.6. The highest BCUT2D eigenvalue weighted by Gasteiger charge is 2.19. The summed E-state index contributed by atoms with van der Waals surface area (Å²) in [5.41, 5.74) is 6.19. The van der Waals surface area contributed by atoms with Crippen molar-refractivity contribution in [1.82, 2.24) is 9.55 Å². The number of amides is 1. The number of nitrogen functional groups attached to an aromatic ring is 1. The van der Waals surface area contributed by atoms with Gasteiger partial charge in [-0.2, -0.15) is 0 Å². The van der Waals surface area contributed by atoms with Crippen molar-refractivity contribution in [3.8, 4) is 0 Å². The Hall–Kier alpha value is -3.58. The van der Waals surface area contributed by atoms with Gasteiger partial charge >= 0.3 is 5.69 Å². The second-order valence-corrected chi connectivity index (χ2v) is 6.79. The molecule has 0 unspecified atom stereocenters. The van der Waals surface area contributed by atoms with Crippen molar-refractivity contribution >= 4 is 35.1 Å². The van der Waals surface area contributed by atoms with E-state index in [0.717, 1.165) is 16.0 Å². The number of aromatic amines is 1. The maximum Gasteiger partial charge on any atom is 0.330 e. The standard InChI is InChI=1S/C21H19ClN4O3/c1-25(17(27)11-10-14-8-5-9-16(22)12-14)18-19(23)26(21(29)24-20(18)28)13-15-6-3-2-4-7-15/h2-12H,13,23H2,1H3,(H,24,28,29)/b11-10+. The summed E-state index contributed by atoms with van der Waals surface area (Å²) in [6.45, 7) is 0.162. The first kappa shape index (κ1) is 20.2. The number of nitrogens with two attached hydrogens (primary N) is 1. The van der Waals surface area contributed by atoms with Crippen LogP contribution in [0.15, 0.2) is 70.3 Å². The number of likely N-dealkylation sites (N-methyl/N-ethyl adjacent to an activating group) is 1. The van der Waals surface area contributed by atoms with Gasteiger partial charge in [0.1, 0.15) is 5.82 Å². The Kier molecular flexibility index (Phi) is 5.99. The molecule has 0 saturated heterocycles. The third kappa shape index (κ3) is 4.64. The summed E-state index contributed by atoms with van der Waals surface area (Å²) in [6.07, 6.45) is 2.88. The molecule has 8 heteroatoms. The number of H-pyrrole nitrogens is 1. The number of nitrogens with zero attached hydrogens (tertiary/aromatic N) is 2. The van der Waals surface area contributed by atoms with E-state index in [2.05, 4.69) is 4.98 Å². The molecule has 29 heavy (non-hydrogen) atoms. The molecule has 1 heterocycles. The average molecular weight is 411 g/mol. The molecule has 0 spiro atoms. The van der Waals surface area contributed by atoms with Crippen LogP contribution in [0.5, 0.6) is 0 Å². The second kappa shape index (κ2) is 8.62. The predicted octanol–water partition coefficient (Wildman–Crippen LogP) is 2.50. The van der Waals surface area contributed by atoms with E-state index in [9.17, 15) is 14.4 Å². The molecule has 0 atom stereocenters. The number of anilines is 2. The van der Waals surface area contributed by atoms with Gasteiger partial charge in [-0.3, -0.25) is 19.1 Å². The van der Waals surface area contributed by atoms with Gasteiger partial charge in [-0.05, 0) is 29.3 Å². The number of halogens is 1. The van der Waals surface area contributed by atoms with E-state index in [4.69, 9.17) is 17.3 Å². The Bertz CT molecular complexity index is 1180. The molecule has 0 aliphatic rings. The van der Waals surface area contributed by atoms with Crippen LogP contribution in [0.2, 0.25) is 5.02 Å². The Morgan fingerprint density at radius 3 is 2.59 bits per heavy atom. The molecule has 3 aromatic rings. The van der Waals surface area contributed by atoms with Crippen molar-refractivity contribution in [2.45, 2.75) is 6.54 Å². The topological polar surface area (TPSA) is 101 Å². The summed E-state index contributed by atoms with van der Waals surface area (Å²) >= 11 is 5.94. The zero-order valence-corrected chi connectivity index (χ0v) is 16.4. The van der Waals surface area contributed by atoms with E-state index in [1.54, 1.807) is 30.3 Å². The Balaban J connectivity index is 1.92. The summed E-state index contributed by atoms with van der Waals surface area (Å²) in [5, 5.41) is 0.543. The number of hydrogen-bond donors (Lipinski definition) is 2. The molecule has 0 fully saturated rings. The quantitative estimate of drug-likeness (QED) is 0.631. The van der Waals surface area contributed by atoms with E-state index in [1.165, 1.54) is 17.7 Å². The van der Waals surface area contributed by atoms with Crippen molar-refractivity contribution < 1.29 is 4.79 Å². The summed E-state index contributed by atoms with van der Waals surface area (Å²) in [5.74, 6) is -0.568. The van der Waals surface area contributed by atoms with E-state index < -0.39 is 17.2 Å². The predicted molar refractivity (Wildman–Crippen MR) is 115 cm³/mol. The number of hydrogen-bond acceptors (Lipinski definition) is 4. The minimum atomic E-state index is -0.733. The Morgan fingerprint density at radius 1 is 1.17 bits per heavy atom. The number of nitrogens with one attached hydrogen (secondary N) is 1. The number of carbonyl (C=O) groups is 1. The number of rotatable bonds is 5. The third-order valence-corrected chi connectivity index (χ3v) is 4.57.